The van der Waals surface area contributed by atoms with Crippen LogP contribution in [0.1, 0.15) is 24.6 Å². The molecule has 4 rings (SSSR count). The maximum Gasteiger partial charge on any atom is 0.225 e. The van der Waals surface area contributed by atoms with Gasteiger partial charge in [0.25, 0.3) is 0 Å². The zero-order valence-corrected chi connectivity index (χ0v) is 12.8. The Hall–Kier alpha value is -2.34. The first kappa shape index (κ1) is 13.3. The first-order chi connectivity index (χ1) is 10.8. The fourth-order valence-corrected chi connectivity index (χ4v) is 3.61. The van der Waals surface area contributed by atoms with Gasteiger partial charge in [-0.2, -0.15) is 0 Å². The minimum atomic E-state index is 0.320. The predicted molar refractivity (Wildman–Crippen MR) is 87.8 cm³/mol. The van der Waals surface area contributed by atoms with E-state index in [2.05, 4.69) is 32.4 Å². The standard InChI is InChI=1S/C16H16N4OS/c17-16-19-13(10-22-16)14-2-1-8-20(14)12-5-3-11(4-6-12)15-18-7-9-21-15/h3-7,9-10,14H,1-2,8H2,(H2,17,19). The lowest BCUT2D eigenvalue weighted by molar-refractivity contribution is 0.574. The van der Waals surface area contributed by atoms with E-state index in [1.165, 1.54) is 23.4 Å². The summed E-state index contributed by atoms with van der Waals surface area (Å²) >= 11 is 1.51. The number of hydrogen-bond donors (Lipinski definition) is 1. The zero-order valence-electron chi connectivity index (χ0n) is 12.0. The minimum Gasteiger partial charge on any atom is -0.445 e. The van der Waals surface area contributed by atoms with Crippen molar-refractivity contribution in [2.24, 2.45) is 0 Å². The molecule has 22 heavy (non-hydrogen) atoms. The number of rotatable bonds is 3. The van der Waals surface area contributed by atoms with E-state index in [0.29, 0.717) is 17.1 Å². The number of oxazole rings is 1. The van der Waals surface area contributed by atoms with E-state index in [9.17, 15) is 0 Å². The molecule has 1 aliphatic heterocycles. The Balaban J connectivity index is 1.60. The van der Waals surface area contributed by atoms with Crippen molar-refractivity contribution in [1.29, 1.82) is 0 Å². The maximum atomic E-state index is 5.78. The third-order valence-electron chi connectivity index (χ3n) is 4.01. The van der Waals surface area contributed by atoms with Crippen molar-refractivity contribution in [3.8, 4) is 11.5 Å². The van der Waals surface area contributed by atoms with Crippen LogP contribution in [-0.2, 0) is 0 Å². The summed E-state index contributed by atoms with van der Waals surface area (Å²) in [7, 11) is 0. The molecule has 0 radical (unpaired) electrons. The second-order valence-electron chi connectivity index (χ2n) is 5.35. The number of thiazole rings is 1. The van der Waals surface area contributed by atoms with Crippen molar-refractivity contribution in [1.82, 2.24) is 9.97 Å². The van der Waals surface area contributed by atoms with Gasteiger partial charge >= 0.3 is 0 Å². The van der Waals surface area contributed by atoms with Gasteiger partial charge in [0, 0.05) is 23.2 Å². The van der Waals surface area contributed by atoms with Gasteiger partial charge in [-0.25, -0.2) is 9.97 Å². The lowest BCUT2D eigenvalue weighted by Crippen LogP contribution is -2.22. The first-order valence-electron chi connectivity index (χ1n) is 7.29. The summed E-state index contributed by atoms with van der Waals surface area (Å²) in [6.45, 7) is 1.04. The molecule has 3 aromatic rings. The van der Waals surface area contributed by atoms with E-state index in [1.807, 2.05) is 12.1 Å². The molecule has 1 aromatic carbocycles. The van der Waals surface area contributed by atoms with E-state index in [0.717, 1.165) is 24.2 Å². The van der Waals surface area contributed by atoms with Crippen LogP contribution >= 0.6 is 11.3 Å². The van der Waals surface area contributed by atoms with Crippen LogP contribution in [0.3, 0.4) is 0 Å². The normalized spacial score (nSPS) is 18.0. The summed E-state index contributed by atoms with van der Waals surface area (Å²) in [6, 6.07) is 8.65. The molecule has 0 spiro atoms. The van der Waals surface area contributed by atoms with Crippen molar-refractivity contribution in [3.63, 3.8) is 0 Å². The molecule has 1 atom stereocenters. The topological polar surface area (TPSA) is 68.2 Å². The molecular weight excluding hydrogens is 296 g/mol. The fraction of sp³-hybridized carbons (Fsp3) is 0.250. The fourth-order valence-electron chi connectivity index (χ4n) is 3.00. The van der Waals surface area contributed by atoms with Crippen LogP contribution in [0, 0.1) is 0 Å². The zero-order chi connectivity index (χ0) is 14.9. The molecule has 1 fully saturated rings. The van der Waals surface area contributed by atoms with Gasteiger partial charge < -0.3 is 15.1 Å². The Morgan fingerprint density at radius 2 is 2.14 bits per heavy atom. The number of nitrogen functional groups attached to an aromatic ring is 1. The number of anilines is 2. The molecule has 0 amide bonds. The number of benzene rings is 1. The quantitative estimate of drug-likeness (QED) is 0.798. The van der Waals surface area contributed by atoms with Gasteiger partial charge in [0.15, 0.2) is 5.13 Å². The van der Waals surface area contributed by atoms with Crippen molar-refractivity contribution < 1.29 is 4.42 Å². The molecule has 1 unspecified atom stereocenters. The molecule has 0 bridgehead atoms. The van der Waals surface area contributed by atoms with E-state index >= 15 is 0 Å². The molecule has 3 heterocycles. The lowest BCUT2D eigenvalue weighted by Gasteiger charge is -2.25. The SMILES string of the molecule is Nc1nc(C2CCCN2c2ccc(-c3ncco3)cc2)cs1. The van der Waals surface area contributed by atoms with E-state index in [4.69, 9.17) is 10.2 Å². The summed E-state index contributed by atoms with van der Waals surface area (Å²) in [6.07, 6.45) is 5.53. The average Bonchev–Trinajstić information content (AvgIpc) is 3.28. The van der Waals surface area contributed by atoms with Gasteiger partial charge in [-0.1, -0.05) is 0 Å². The Labute approximate surface area is 132 Å². The highest BCUT2D eigenvalue weighted by Crippen LogP contribution is 2.37. The maximum absolute atomic E-state index is 5.78. The van der Waals surface area contributed by atoms with Crippen LogP contribution in [0.5, 0.6) is 0 Å². The number of hydrogen-bond acceptors (Lipinski definition) is 6. The summed E-state index contributed by atoms with van der Waals surface area (Å²) in [4.78, 5) is 11.0. The molecule has 1 saturated heterocycles. The highest BCUT2D eigenvalue weighted by Gasteiger charge is 2.28. The Morgan fingerprint density at radius 3 is 2.82 bits per heavy atom. The Bertz CT molecular complexity index is 751. The van der Waals surface area contributed by atoms with Gasteiger partial charge in [0.05, 0.1) is 17.9 Å². The smallest absolute Gasteiger partial charge is 0.225 e. The largest absolute Gasteiger partial charge is 0.445 e. The third-order valence-corrected chi connectivity index (χ3v) is 4.70. The van der Waals surface area contributed by atoms with Crippen molar-refractivity contribution in [2.45, 2.75) is 18.9 Å². The molecule has 0 saturated carbocycles. The molecule has 2 aromatic heterocycles. The van der Waals surface area contributed by atoms with Gasteiger partial charge in [0.2, 0.25) is 5.89 Å². The molecule has 6 heteroatoms. The molecular formula is C16H16N4OS. The third kappa shape index (κ3) is 2.35. The number of nitrogens with two attached hydrogens (primary N) is 1. The van der Waals surface area contributed by atoms with Crippen LogP contribution in [0.4, 0.5) is 10.8 Å². The van der Waals surface area contributed by atoms with E-state index in [1.54, 1.807) is 12.5 Å². The monoisotopic (exact) mass is 312 g/mol. The molecule has 5 nitrogen and oxygen atoms in total. The second-order valence-corrected chi connectivity index (χ2v) is 6.24. The van der Waals surface area contributed by atoms with Gasteiger partial charge in [-0.15, -0.1) is 11.3 Å². The Morgan fingerprint density at radius 1 is 1.27 bits per heavy atom. The molecule has 1 aliphatic rings. The average molecular weight is 312 g/mol. The summed E-state index contributed by atoms with van der Waals surface area (Å²) in [5.41, 5.74) is 9.04. The Kier molecular flexibility index (Phi) is 3.31. The van der Waals surface area contributed by atoms with Gasteiger partial charge in [0.1, 0.15) is 6.26 Å². The molecule has 2 N–H and O–H groups in total. The van der Waals surface area contributed by atoms with Crippen LogP contribution in [0.15, 0.2) is 46.5 Å². The second kappa shape index (κ2) is 5.46. The predicted octanol–water partition coefficient (Wildman–Crippen LogP) is 3.72. The minimum absolute atomic E-state index is 0.320. The highest BCUT2D eigenvalue weighted by molar-refractivity contribution is 7.13. The number of nitrogens with zero attached hydrogens (tertiary/aromatic N) is 3. The van der Waals surface area contributed by atoms with Crippen LogP contribution < -0.4 is 10.6 Å². The summed E-state index contributed by atoms with van der Waals surface area (Å²) < 4.78 is 5.33. The van der Waals surface area contributed by atoms with Crippen LogP contribution in [-0.4, -0.2) is 16.5 Å². The first-order valence-corrected chi connectivity index (χ1v) is 8.17. The van der Waals surface area contributed by atoms with E-state index < -0.39 is 0 Å². The van der Waals surface area contributed by atoms with Crippen molar-refractivity contribution in [3.05, 3.63) is 47.8 Å². The van der Waals surface area contributed by atoms with Gasteiger partial charge in [-0.3, -0.25) is 0 Å². The number of aromatic nitrogens is 2. The molecule has 112 valence electrons. The van der Waals surface area contributed by atoms with E-state index in [-0.39, 0.29) is 0 Å². The van der Waals surface area contributed by atoms with Gasteiger partial charge in [-0.05, 0) is 37.1 Å². The highest BCUT2D eigenvalue weighted by atomic mass is 32.1. The van der Waals surface area contributed by atoms with Crippen molar-refractivity contribution in [2.75, 3.05) is 17.2 Å². The molecule has 0 aliphatic carbocycles. The van der Waals surface area contributed by atoms with Crippen molar-refractivity contribution >= 4 is 22.2 Å². The summed E-state index contributed by atoms with van der Waals surface area (Å²) in [5, 5.41) is 2.71. The summed E-state index contributed by atoms with van der Waals surface area (Å²) in [5.74, 6) is 0.650. The van der Waals surface area contributed by atoms with Crippen LogP contribution in [0.2, 0.25) is 0 Å². The van der Waals surface area contributed by atoms with Crippen LogP contribution in [0.25, 0.3) is 11.5 Å². The lowest BCUT2D eigenvalue weighted by atomic mass is 10.1.